The Morgan fingerprint density at radius 1 is 1.24 bits per heavy atom. The molecule has 0 saturated heterocycles. The highest BCUT2D eigenvalue weighted by Crippen LogP contribution is 2.54. The molecule has 2 atom stereocenters. The molecule has 0 aliphatic heterocycles. The van der Waals surface area contributed by atoms with E-state index in [1.807, 2.05) is 13.8 Å². The predicted molar refractivity (Wildman–Crippen MR) is 95.8 cm³/mol. The molecule has 0 heterocycles. The van der Waals surface area contributed by atoms with E-state index >= 15 is 0 Å². The first-order chi connectivity index (χ1) is 12.0. The van der Waals surface area contributed by atoms with Crippen LogP contribution in [0.2, 0.25) is 6.04 Å². The Balaban J connectivity index is 2.55. The summed E-state index contributed by atoms with van der Waals surface area (Å²) in [7, 11) is -1.10. The second-order valence-electron chi connectivity index (χ2n) is 5.85. The van der Waals surface area contributed by atoms with Crippen LogP contribution in [-0.4, -0.2) is 54.2 Å². The molecule has 0 aromatic heterocycles. The molecule has 2 unspecified atom stereocenters. The number of carbonyl (C=O) groups excluding carboxylic acids is 2. The zero-order chi connectivity index (χ0) is 18.9. The molecule has 1 fully saturated rings. The number of hydrogen-bond donors (Lipinski definition) is 1. The molecule has 1 rings (SSSR count). The van der Waals surface area contributed by atoms with Crippen LogP contribution in [-0.2, 0) is 27.6 Å². The van der Waals surface area contributed by atoms with Gasteiger partial charge in [0, 0.05) is 38.8 Å². The van der Waals surface area contributed by atoms with Gasteiger partial charge in [0.2, 0.25) is 5.91 Å². The molecule has 7 nitrogen and oxygen atoms in total. The average Bonchev–Trinajstić information content (AvgIpc) is 3.35. The van der Waals surface area contributed by atoms with Crippen molar-refractivity contribution in [2.24, 2.45) is 11.3 Å². The van der Waals surface area contributed by atoms with E-state index in [-0.39, 0.29) is 18.4 Å². The third-order valence-electron chi connectivity index (χ3n) is 4.33. The summed E-state index contributed by atoms with van der Waals surface area (Å²) in [5.74, 6) is -0.930. The van der Waals surface area contributed by atoms with Crippen LogP contribution < -0.4 is 5.32 Å². The first kappa shape index (κ1) is 21.8. The Morgan fingerprint density at radius 3 is 2.32 bits per heavy atom. The molecule has 1 amide bonds. The molecule has 0 aromatic rings. The van der Waals surface area contributed by atoms with Gasteiger partial charge in [0.15, 0.2) is 5.41 Å². The summed E-state index contributed by atoms with van der Waals surface area (Å²) in [4.78, 5) is 24.7. The maximum Gasteiger partial charge on any atom is 0.500 e. The van der Waals surface area contributed by atoms with Gasteiger partial charge in [0.25, 0.3) is 0 Å². The van der Waals surface area contributed by atoms with Crippen LogP contribution in [0.1, 0.15) is 33.6 Å². The van der Waals surface area contributed by atoms with Crippen molar-refractivity contribution < 1.29 is 27.6 Å². The van der Waals surface area contributed by atoms with Crippen LogP contribution in [0, 0.1) is 11.3 Å². The first-order valence-electron chi connectivity index (χ1n) is 8.87. The summed E-state index contributed by atoms with van der Waals surface area (Å²) >= 11 is 0. The molecule has 1 aliphatic rings. The van der Waals surface area contributed by atoms with Crippen LogP contribution in [0.5, 0.6) is 0 Å². The van der Waals surface area contributed by atoms with Gasteiger partial charge in [-0.05, 0) is 33.6 Å². The van der Waals surface area contributed by atoms with Crippen molar-refractivity contribution in [2.45, 2.75) is 39.7 Å². The number of allylic oxidation sites excluding steroid dienone is 1. The van der Waals surface area contributed by atoms with E-state index in [1.54, 1.807) is 20.1 Å². The van der Waals surface area contributed by atoms with Crippen molar-refractivity contribution in [3.8, 4) is 0 Å². The molecule has 1 aliphatic carbocycles. The van der Waals surface area contributed by atoms with Crippen LogP contribution in [0.3, 0.4) is 0 Å². The fourth-order valence-electron chi connectivity index (χ4n) is 2.93. The summed E-state index contributed by atoms with van der Waals surface area (Å²) in [5.41, 5.74) is -1.10. The van der Waals surface area contributed by atoms with Gasteiger partial charge in [0.05, 0.1) is 6.61 Å². The summed E-state index contributed by atoms with van der Waals surface area (Å²) < 4.78 is 22.0. The summed E-state index contributed by atoms with van der Waals surface area (Å²) in [6.07, 6.45) is 2.74. The molecule has 144 valence electrons. The van der Waals surface area contributed by atoms with Gasteiger partial charge in [-0.15, -0.1) is 6.58 Å². The summed E-state index contributed by atoms with van der Waals surface area (Å²) in [5, 5.41) is 2.84. The van der Waals surface area contributed by atoms with Gasteiger partial charge in [0.1, 0.15) is 0 Å². The van der Waals surface area contributed by atoms with E-state index in [0.717, 1.165) is 0 Å². The van der Waals surface area contributed by atoms with Gasteiger partial charge >= 0.3 is 14.8 Å². The Hall–Kier alpha value is -1.22. The largest absolute Gasteiger partial charge is 0.500 e. The minimum atomic E-state index is -2.69. The number of hydrogen-bond acceptors (Lipinski definition) is 6. The van der Waals surface area contributed by atoms with E-state index in [2.05, 4.69) is 11.9 Å². The molecular formula is C17H31NO6Si. The number of nitrogens with one attached hydrogen (secondary N) is 1. The molecule has 0 bridgehead atoms. The minimum absolute atomic E-state index is 0.161. The normalized spacial score (nSPS) is 22.3. The highest BCUT2D eigenvalue weighted by Gasteiger charge is 2.65. The lowest BCUT2D eigenvalue weighted by atomic mass is 10.0. The van der Waals surface area contributed by atoms with Crippen molar-refractivity contribution in [3.05, 3.63) is 12.7 Å². The zero-order valence-corrected chi connectivity index (χ0v) is 16.8. The maximum absolute atomic E-state index is 12.5. The molecule has 0 radical (unpaired) electrons. The fourth-order valence-corrected chi connectivity index (χ4v) is 5.23. The third kappa shape index (κ3) is 5.13. The second kappa shape index (κ2) is 10.1. The highest BCUT2D eigenvalue weighted by molar-refractivity contribution is 6.60. The molecule has 0 aromatic carbocycles. The van der Waals surface area contributed by atoms with Crippen molar-refractivity contribution >= 4 is 20.7 Å². The topological polar surface area (TPSA) is 83.1 Å². The SMILES string of the molecule is C=CC1CC1(C(=O)NCCC[Si](OC)(OCC)OCC)C(=O)OCC. The van der Waals surface area contributed by atoms with Crippen molar-refractivity contribution in [2.75, 3.05) is 33.5 Å². The van der Waals surface area contributed by atoms with Crippen molar-refractivity contribution in [1.82, 2.24) is 5.32 Å². The van der Waals surface area contributed by atoms with E-state index < -0.39 is 20.2 Å². The van der Waals surface area contributed by atoms with E-state index in [0.29, 0.717) is 38.6 Å². The van der Waals surface area contributed by atoms with Crippen molar-refractivity contribution in [1.29, 1.82) is 0 Å². The smallest absolute Gasteiger partial charge is 0.465 e. The lowest BCUT2D eigenvalue weighted by Crippen LogP contribution is -2.46. The lowest BCUT2D eigenvalue weighted by Gasteiger charge is -2.27. The van der Waals surface area contributed by atoms with Gasteiger partial charge < -0.3 is 23.3 Å². The van der Waals surface area contributed by atoms with Crippen LogP contribution in [0.15, 0.2) is 12.7 Å². The number of carbonyl (C=O) groups is 2. The summed E-state index contributed by atoms with van der Waals surface area (Å²) in [6.45, 7) is 10.9. The molecule has 1 N–H and O–H groups in total. The fraction of sp³-hybridized carbons (Fsp3) is 0.765. The van der Waals surface area contributed by atoms with Gasteiger partial charge in [-0.2, -0.15) is 0 Å². The van der Waals surface area contributed by atoms with E-state index in [1.165, 1.54) is 0 Å². The molecule has 1 saturated carbocycles. The molecule has 8 heteroatoms. The summed E-state index contributed by atoms with van der Waals surface area (Å²) in [6, 6.07) is 0.600. The number of ether oxygens (including phenoxy) is 1. The van der Waals surface area contributed by atoms with Crippen LogP contribution >= 0.6 is 0 Å². The predicted octanol–water partition coefficient (Wildman–Crippen LogP) is 1.91. The standard InChI is InChI=1S/C17H31NO6Si/c1-6-14-13-17(14,16(20)22-7-2)15(19)18-11-10-12-25(21-5,23-8-3)24-9-4/h6,14H,1,7-13H2,2-5H3,(H,18,19). The van der Waals surface area contributed by atoms with Crippen LogP contribution in [0.25, 0.3) is 0 Å². The van der Waals surface area contributed by atoms with Crippen LogP contribution in [0.4, 0.5) is 0 Å². The van der Waals surface area contributed by atoms with E-state index in [4.69, 9.17) is 18.0 Å². The monoisotopic (exact) mass is 373 g/mol. The Kier molecular flexibility index (Phi) is 8.77. The maximum atomic E-state index is 12.5. The van der Waals surface area contributed by atoms with Gasteiger partial charge in [-0.25, -0.2) is 0 Å². The Bertz CT molecular complexity index is 466. The molecule has 25 heavy (non-hydrogen) atoms. The zero-order valence-electron chi connectivity index (χ0n) is 15.8. The molecular weight excluding hydrogens is 342 g/mol. The average molecular weight is 374 g/mol. The van der Waals surface area contributed by atoms with Crippen molar-refractivity contribution in [3.63, 3.8) is 0 Å². The quantitative estimate of drug-likeness (QED) is 0.175. The van der Waals surface area contributed by atoms with Gasteiger partial charge in [-0.3, -0.25) is 9.59 Å². The number of rotatable bonds is 13. The third-order valence-corrected chi connectivity index (χ3v) is 7.37. The Morgan fingerprint density at radius 2 is 1.88 bits per heavy atom. The molecule has 0 spiro atoms. The van der Waals surface area contributed by atoms with Gasteiger partial charge in [-0.1, -0.05) is 6.08 Å². The van der Waals surface area contributed by atoms with E-state index in [9.17, 15) is 9.59 Å². The number of amides is 1. The Labute approximate surface area is 151 Å². The minimum Gasteiger partial charge on any atom is -0.465 e. The highest BCUT2D eigenvalue weighted by atomic mass is 28.4. The lowest BCUT2D eigenvalue weighted by molar-refractivity contribution is -0.154. The second-order valence-corrected chi connectivity index (χ2v) is 8.70. The first-order valence-corrected chi connectivity index (χ1v) is 10.8. The number of esters is 1.